The fraction of sp³-hybridized carbons (Fsp3) is 0.0833. The third-order valence-electron chi connectivity index (χ3n) is 4.69. The molecule has 0 spiro atoms. The number of amidine groups is 2. The molecule has 1 aliphatic rings. The van der Waals surface area contributed by atoms with Crippen LogP contribution in [0.1, 0.15) is 11.1 Å². The smallest absolute Gasteiger partial charge is 0.416 e. The fourth-order valence-electron chi connectivity index (χ4n) is 3.15. The van der Waals surface area contributed by atoms with Gasteiger partial charge in [-0.05, 0) is 47.5 Å². The highest BCUT2D eigenvalue weighted by Gasteiger charge is 2.30. The standard InChI is InChI=1S/C24H18F3N5O/c1-29-14-20-21(28)31-22(17-7-4-10-30-13-17)32-23(20)33-19-9-3-6-16(12-19)15-5-2-8-18(11-15)24(25,26)27/h2-14,28-29H,1H3/b20-14+,28-21?. The van der Waals surface area contributed by atoms with Crippen LogP contribution in [0.25, 0.3) is 11.1 Å². The lowest BCUT2D eigenvalue weighted by molar-refractivity contribution is -0.137. The van der Waals surface area contributed by atoms with Crippen molar-refractivity contribution in [1.82, 2.24) is 10.3 Å². The van der Waals surface area contributed by atoms with Gasteiger partial charge in [-0.2, -0.15) is 18.2 Å². The van der Waals surface area contributed by atoms with Gasteiger partial charge in [-0.3, -0.25) is 10.4 Å². The molecular weight excluding hydrogens is 431 g/mol. The maximum absolute atomic E-state index is 13.1. The zero-order valence-corrected chi connectivity index (χ0v) is 17.4. The van der Waals surface area contributed by atoms with Gasteiger partial charge in [0, 0.05) is 31.2 Å². The highest BCUT2D eigenvalue weighted by atomic mass is 19.4. The molecule has 1 aliphatic heterocycles. The first-order valence-electron chi connectivity index (χ1n) is 9.85. The Labute approximate surface area is 187 Å². The van der Waals surface area contributed by atoms with E-state index in [-0.39, 0.29) is 17.6 Å². The van der Waals surface area contributed by atoms with Gasteiger partial charge in [-0.1, -0.05) is 24.3 Å². The van der Waals surface area contributed by atoms with Crippen molar-refractivity contribution in [2.24, 2.45) is 9.98 Å². The molecule has 2 aromatic carbocycles. The molecule has 0 saturated heterocycles. The highest BCUT2D eigenvalue weighted by Crippen LogP contribution is 2.33. The summed E-state index contributed by atoms with van der Waals surface area (Å²) in [6.07, 6.45) is 0.302. The van der Waals surface area contributed by atoms with Crippen LogP contribution in [0.2, 0.25) is 0 Å². The monoisotopic (exact) mass is 449 g/mol. The van der Waals surface area contributed by atoms with E-state index in [2.05, 4.69) is 20.3 Å². The molecule has 4 rings (SSSR count). The molecule has 0 amide bonds. The van der Waals surface area contributed by atoms with E-state index < -0.39 is 11.7 Å². The van der Waals surface area contributed by atoms with Crippen molar-refractivity contribution >= 4 is 17.6 Å². The molecule has 0 aliphatic carbocycles. The molecule has 0 fully saturated rings. The van der Waals surface area contributed by atoms with Crippen LogP contribution >= 0.6 is 0 Å². The number of benzene rings is 2. The number of hydrogen-bond donors (Lipinski definition) is 2. The van der Waals surface area contributed by atoms with Crippen LogP contribution < -0.4 is 10.1 Å². The van der Waals surface area contributed by atoms with Gasteiger partial charge in [0.05, 0.1) is 11.1 Å². The summed E-state index contributed by atoms with van der Waals surface area (Å²) in [5, 5.41) is 11.1. The highest BCUT2D eigenvalue weighted by molar-refractivity contribution is 6.30. The summed E-state index contributed by atoms with van der Waals surface area (Å²) >= 11 is 0. The second-order valence-corrected chi connectivity index (χ2v) is 7.00. The minimum Gasteiger partial charge on any atom is -0.438 e. The number of hydrogen-bond acceptors (Lipinski definition) is 5. The third kappa shape index (κ3) is 4.98. The van der Waals surface area contributed by atoms with Gasteiger partial charge in [-0.15, -0.1) is 0 Å². The molecule has 33 heavy (non-hydrogen) atoms. The molecular formula is C24H18F3N5O. The van der Waals surface area contributed by atoms with Crippen molar-refractivity contribution < 1.29 is 17.9 Å². The lowest BCUT2D eigenvalue weighted by Gasteiger charge is -2.17. The molecule has 0 bridgehead atoms. The van der Waals surface area contributed by atoms with Gasteiger partial charge in [0.1, 0.15) is 5.75 Å². The summed E-state index contributed by atoms with van der Waals surface area (Å²) in [4.78, 5) is 12.7. The predicted molar refractivity (Wildman–Crippen MR) is 121 cm³/mol. The number of nitrogens with zero attached hydrogens (tertiary/aromatic N) is 3. The van der Waals surface area contributed by atoms with Crippen LogP contribution in [0.5, 0.6) is 5.75 Å². The van der Waals surface area contributed by atoms with E-state index >= 15 is 0 Å². The predicted octanol–water partition coefficient (Wildman–Crippen LogP) is 5.09. The van der Waals surface area contributed by atoms with Crippen molar-refractivity contribution in [3.8, 4) is 16.9 Å². The van der Waals surface area contributed by atoms with Gasteiger partial charge >= 0.3 is 6.18 Å². The summed E-state index contributed by atoms with van der Waals surface area (Å²) in [6.45, 7) is 0. The van der Waals surface area contributed by atoms with Crippen LogP contribution in [-0.2, 0) is 6.18 Å². The van der Waals surface area contributed by atoms with Crippen LogP contribution in [0, 0.1) is 5.41 Å². The zero-order valence-electron chi connectivity index (χ0n) is 17.4. The zero-order chi connectivity index (χ0) is 23.4. The minimum atomic E-state index is -4.43. The number of ether oxygens (including phenoxy) is 1. The molecule has 0 unspecified atom stereocenters. The Balaban J connectivity index is 1.69. The number of alkyl halides is 3. The number of aliphatic imine (C=N–C) groups is 2. The topological polar surface area (TPSA) is 82.7 Å². The first-order valence-corrected chi connectivity index (χ1v) is 9.85. The van der Waals surface area contributed by atoms with E-state index in [0.717, 1.165) is 12.1 Å². The Morgan fingerprint density at radius 3 is 2.36 bits per heavy atom. The lowest BCUT2D eigenvalue weighted by Crippen LogP contribution is -2.26. The Morgan fingerprint density at radius 2 is 1.67 bits per heavy atom. The average Bonchev–Trinajstić information content (AvgIpc) is 2.81. The summed E-state index contributed by atoms with van der Waals surface area (Å²) in [6, 6.07) is 15.2. The Kier molecular flexibility index (Phi) is 6.03. The first-order chi connectivity index (χ1) is 15.8. The van der Waals surface area contributed by atoms with Gasteiger partial charge in [0.15, 0.2) is 11.7 Å². The maximum Gasteiger partial charge on any atom is 0.416 e. The first kappa shape index (κ1) is 21.9. The largest absolute Gasteiger partial charge is 0.438 e. The Hall–Kier alpha value is -4.27. The van der Waals surface area contributed by atoms with E-state index in [1.807, 2.05) is 0 Å². The van der Waals surface area contributed by atoms with E-state index in [1.54, 1.807) is 68.1 Å². The third-order valence-corrected chi connectivity index (χ3v) is 4.69. The van der Waals surface area contributed by atoms with Crippen molar-refractivity contribution in [3.63, 3.8) is 0 Å². The van der Waals surface area contributed by atoms with Crippen LogP contribution in [-0.4, -0.2) is 29.6 Å². The maximum atomic E-state index is 13.1. The average molecular weight is 449 g/mol. The Morgan fingerprint density at radius 1 is 0.939 bits per heavy atom. The number of pyridine rings is 1. The van der Waals surface area contributed by atoms with Crippen LogP contribution in [0.4, 0.5) is 13.2 Å². The molecule has 1 aromatic heterocycles. The van der Waals surface area contributed by atoms with E-state index in [4.69, 9.17) is 10.1 Å². The second-order valence-electron chi connectivity index (χ2n) is 7.00. The van der Waals surface area contributed by atoms with Crippen LogP contribution in [0.15, 0.2) is 94.8 Å². The van der Waals surface area contributed by atoms with Gasteiger partial charge in [0.2, 0.25) is 5.90 Å². The number of halogens is 3. The summed E-state index contributed by atoms with van der Waals surface area (Å²) in [5.41, 5.74) is 1.16. The molecule has 166 valence electrons. The minimum absolute atomic E-state index is 0.0535. The molecule has 0 radical (unpaired) electrons. The summed E-state index contributed by atoms with van der Waals surface area (Å²) < 4.78 is 45.3. The lowest BCUT2D eigenvalue weighted by atomic mass is 10.0. The van der Waals surface area contributed by atoms with Gasteiger partial charge in [0.25, 0.3) is 0 Å². The molecule has 2 heterocycles. The molecule has 3 aromatic rings. The fourth-order valence-corrected chi connectivity index (χ4v) is 3.15. The van der Waals surface area contributed by atoms with E-state index in [9.17, 15) is 13.2 Å². The van der Waals surface area contributed by atoms with Gasteiger partial charge < -0.3 is 10.1 Å². The molecule has 6 nitrogen and oxygen atoms in total. The number of aromatic nitrogens is 1. The molecule has 0 atom stereocenters. The SMILES string of the molecule is CN/C=C1\C(=N)N=C(c2cccnc2)N=C1Oc1cccc(-c2cccc(C(F)(F)F)c2)c1. The molecule has 9 heteroatoms. The quantitative estimate of drug-likeness (QED) is 0.582. The number of nitrogens with one attached hydrogen (secondary N) is 2. The van der Waals surface area contributed by atoms with Crippen molar-refractivity contribution in [1.29, 1.82) is 5.41 Å². The van der Waals surface area contributed by atoms with Crippen molar-refractivity contribution in [2.75, 3.05) is 7.05 Å². The van der Waals surface area contributed by atoms with Crippen molar-refractivity contribution in [2.45, 2.75) is 6.18 Å². The Bertz CT molecular complexity index is 1280. The normalized spacial score (nSPS) is 15.2. The van der Waals surface area contributed by atoms with Crippen LogP contribution in [0.3, 0.4) is 0 Å². The van der Waals surface area contributed by atoms with Crippen molar-refractivity contribution in [3.05, 3.63) is 96.0 Å². The summed E-state index contributed by atoms with van der Waals surface area (Å²) in [5.74, 6) is 0.697. The molecule has 2 N–H and O–H groups in total. The summed E-state index contributed by atoms with van der Waals surface area (Å²) in [7, 11) is 1.67. The number of rotatable bonds is 4. The van der Waals surface area contributed by atoms with E-state index in [0.29, 0.717) is 28.0 Å². The molecule has 0 saturated carbocycles. The van der Waals surface area contributed by atoms with E-state index in [1.165, 1.54) is 6.07 Å². The van der Waals surface area contributed by atoms with Gasteiger partial charge in [-0.25, -0.2) is 4.99 Å². The second kappa shape index (κ2) is 9.07.